The number of rotatable bonds is 7. The van der Waals surface area contributed by atoms with Crippen LogP contribution in [0.15, 0.2) is 36.4 Å². The zero-order chi connectivity index (χ0) is 17.5. The number of ether oxygens (including phenoxy) is 1. The van der Waals surface area contributed by atoms with Gasteiger partial charge in [-0.25, -0.2) is 0 Å². The highest BCUT2D eigenvalue weighted by atomic mass is 32.1. The number of carbonyl (C=O) groups is 2. The van der Waals surface area contributed by atoms with Crippen molar-refractivity contribution in [2.45, 2.75) is 19.9 Å². The lowest BCUT2D eigenvalue weighted by molar-refractivity contribution is -0.130. The maximum atomic E-state index is 12.2. The summed E-state index contributed by atoms with van der Waals surface area (Å²) < 4.78 is 5.19. The summed E-state index contributed by atoms with van der Waals surface area (Å²) in [5.74, 6) is 0.361. The van der Waals surface area contributed by atoms with E-state index in [0.717, 1.165) is 10.4 Å². The molecule has 2 rings (SSSR count). The second-order valence-electron chi connectivity index (χ2n) is 5.50. The molecule has 1 aromatic heterocycles. The van der Waals surface area contributed by atoms with Crippen molar-refractivity contribution >= 4 is 23.2 Å². The quantitative estimate of drug-likeness (QED) is 0.839. The Morgan fingerprint density at radius 1 is 1.25 bits per heavy atom. The summed E-state index contributed by atoms with van der Waals surface area (Å²) in [5, 5.41) is 2.78. The van der Waals surface area contributed by atoms with Crippen LogP contribution in [0.4, 0.5) is 0 Å². The van der Waals surface area contributed by atoms with E-state index < -0.39 is 0 Å². The van der Waals surface area contributed by atoms with Gasteiger partial charge < -0.3 is 15.0 Å². The molecule has 0 unspecified atom stereocenters. The fraction of sp³-hybridized carbons (Fsp3) is 0.333. The molecule has 1 aromatic carbocycles. The van der Waals surface area contributed by atoms with Gasteiger partial charge >= 0.3 is 0 Å². The van der Waals surface area contributed by atoms with E-state index in [9.17, 15) is 9.59 Å². The monoisotopic (exact) mass is 346 g/mol. The Morgan fingerprint density at radius 2 is 1.96 bits per heavy atom. The maximum Gasteiger partial charge on any atom is 0.265 e. The van der Waals surface area contributed by atoms with Crippen LogP contribution in [0, 0.1) is 6.92 Å². The van der Waals surface area contributed by atoms with E-state index in [1.54, 1.807) is 19.1 Å². The van der Waals surface area contributed by atoms with Gasteiger partial charge in [0.1, 0.15) is 10.6 Å². The molecule has 1 heterocycles. The van der Waals surface area contributed by atoms with Crippen molar-refractivity contribution in [3.63, 3.8) is 0 Å². The highest BCUT2D eigenvalue weighted by Crippen LogP contribution is 2.28. The van der Waals surface area contributed by atoms with Crippen molar-refractivity contribution in [1.82, 2.24) is 10.2 Å². The molecule has 0 radical (unpaired) electrons. The van der Waals surface area contributed by atoms with Crippen LogP contribution in [0.2, 0.25) is 0 Å². The van der Waals surface area contributed by atoms with Gasteiger partial charge in [0.15, 0.2) is 0 Å². The van der Waals surface area contributed by atoms with Crippen LogP contribution in [0.25, 0.3) is 0 Å². The maximum absolute atomic E-state index is 12.2. The Morgan fingerprint density at radius 3 is 2.62 bits per heavy atom. The standard InChI is InChI=1S/C18H22N2O3S/c1-13-11-15(23-3)17(24-13)18(22)19-10-9-16(21)20(2)12-14-7-5-4-6-8-14/h4-8,11H,9-10,12H2,1-3H3,(H,19,22). The Hall–Kier alpha value is -2.34. The summed E-state index contributed by atoms with van der Waals surface area (Å²) in [7, 11) is 3.31. The van der Waals surface area contributed by atoms with Crippen LogP contribution < -0.4 is 10.1 Å². The molecule has 5 nitrogen and oxygen atoms in total. The normalized spacial score (nSPS) is 10.3. The second kappa shape index (κ2) is 8.49. The number of hydrogen-bond donors (Lipinski definition) is 1. The highest BCUT2D eigenvalue weighted by molar-refractivity contribution is 7.14. The van der Waals surface area contributed by atoms with Crippen LogP contribution >= 0.6 is 11.3 Å². The molecule has 2 amide bonds. The van der Waals surface area contributed by atoms with E-state index in [0.29, 0.717) is 23.7 Å². The van der Waals surface area contributed by atoms with E-state index in [1.165, 1.54) is 11.3 Å². The predicted octanol–water partition coefficient (Wildman–Crippen LogP) is 2.84. The molecule has 0 aliphatic heterocycles. The van der Waals surface area contributed by atoms with E-state index in [4.69, 9.17) is 4.74 Å². The third kappa shape index (κ3) is 4.83. The molecule has 0 aliphatic rings. The molecule has 0 saturated heterocycles. The summed E-state index contributed by atoms with van der Waals surface area (Å²) >= 11 is 1.38. The zero-order valence-corrected chi connectivity index (χ0v) is 15.0. The zero-order valence-electron chi connectivity index (χ0n) is 14.2. The van der Waals surface area contributed by atoms with Crippen molar-refractivity contribution in [1.29, 1.82) is 0 Å². The molecule has 24 heavy (non-hydrogen) atoms. The van der Waals surface area contributed by atoms with Crippen LogP contribution in [0.3, 0.4) is 0 Å². The molecule has 1 N–H and O–H groups in total. The number of methoxy groups -OCH3 is 1. The first-order chi connectivity index (χ1) is 11.5. The van der Waals surface area contributed by atoms with Gasteiger partial charge in [-0.1, -0.05) is 30.3 Å². The number of carbonyl (C=O) groups excluding carboxylic acids is 2. The van der Waals surface area contributed by atoms with Gasteiger partial charge in [-0.3, -0.25) is 9.59 Å². The third-order valence-corrected chi connectivity index (χ3v) is 4.59. The van der Waals surface area contributed by atoms with Crippen LogP contribution in [0.1, 0.15) is 26.5 Å². The summed E-state index contributed by atoms with van der Waals surface area (Å²) in [6.07, 6.45) is 0.266. The number of thiophene rings is 1. The van der Waals surface area contributed by atoms with Gasteiger partial charge in [0.25, 0.3) is 5.91 Å². The van der Waals surface area contributed by atoms with Crippen LogP contribution in [0.5, 0.6) is 5.75 Å². The first-order valence-corrected chi connectivity index (χ1v) is 8.53. The van der Waals surface area contributed by atoms with Gasteiger partial charge in [-0.15, -0.1) is 11.3 Å². The first-order valence-electron chi connectivity index (χ1n) is 7.71. The number of nitrogens with zero attached hydrogens (tertiary/aromatic N) is 1. The largest absolute Gasteiger partial charge is 0.495 e. The van der Waals surface area contributed by atoms with Gasteiger partial charge in [-0.2, -0.15) is 0 Å². The number of aryl methyl sites for hydroxylation is 1. The average Bonchev–Trinajstić information content (AvgIpc) is 2.96. The summed E-state index contributed by atoms with van der Waals surface area (Å²) in [5.41, 5.74) is 1.08. The minimum absolute atomic E-state index is 0.00604. The molecule has 0 bridgehead atoms. The van der Waals surface area contributed by atoms with Crippen molar-refractivity contribution in [2.75, 3.05) is 20.7 Å². The number of nitrogens with one attached hydrogen (secondary N) is 1. The van der Waals surface area contributed by atoms with Crippen molar-refractivity contribution in [2.24, 2.45) is 0 Å². The molecular formula is C18H22N2O3S. The lowest BCUT2D eigenvalue weighted by Crippen LogP contribution is -2.31. The van der Waals surface area contributed by atoms with Crippen LogP contribution in [-0.2, 0) is 11.3 Å². The second-order valence-corrected chi connectivity index (χ2v) is 6.75. The van der Waals surface area contributed by atoms with E-state index in [-0.39, 0.29) is 18.2 Å². The van der Waals surface area contributed by atoms with E-state index >= 15 is 0 Å². The molecule has 2 aromatic rings. The molecule has 0 spiro atoms. The average molecular weight is 346 g/mol. The van der Waals surface area contributed by atoms with Crippen LogP contribution in [-0.4, -0.2) is 37.4 Å². The predicted molar refractivity (Wildman–Crippen MR) is 95.5 cm³/mol. The molecule has 6 heteroatoms. The molecule has 128 valence electrons. The Kier molecular flexibility index (Phi) is 6.37. The fourth-order valence-corrected chi connectivity index (χ4v) is 3.20. The molecule has 0 fully saturated rings. The van der Waals surface area contributed by atoms with Gasteiger partial charge in [-0.05, 0) is 18.6 Å². The number of hydrogen-bond acceptors (Lipinski definition) is 4. The molecule has 0 aliphatic carbocycles. The molecule has 0 saturated carbocycles. The molecule has 0 atom stereocenters. The van der Waals surface area contributed by atoms with Gasteiger partial charge in [0, 0.05) is 31.4 Å². The Labute approximate surface area is 146 Å². The first kappa shape index (κ1) is 18.0. The highest BCUT2D eigenvalue weighted by Gasteiger charge is 2.16. The van der Waals surface area contributed by atoms with Gasteiger partial charge in [0.05, 0.1) is 7.11 Å². The minimum Gasteiger partial charge on any atom is -0.495 e. The minimum atomic E-state index is -0.205. The summed E-state index contributed by atoms with van der Waals surface area (Å²) in [4.78, 5) is 27.5. The lowest BCUT2D eigenvalue weighted by Gasteiger charge is -2.17. The molecular weight excluding hydrogens is 324 g/mol. The Balaban J connectivity index is 1.80. The number of amides is 2. The number of benzene rings is 1. The topological polar surface area (TPSA) is 58.6 Å². The smallest absolute Gasteiger partial charge is 0.265 e. The van der Waals surface area contributed by atoms with E-state index in [2.05, 4.69) is 5.32 Å². The SMILES string of the molecule is COc1cc(C)sc1C(=O)NCCC(=O)N(C)Cc1ccccc1. The Bertz CT molecular complexity index is 698. The van der Waals surface area contributed by atoms with Crippen molar-refractivity contribution in [3.8, 4) is 5.75 Å². The van der Waals surface area contributed by atoms with Gasteiger partial charge in [0.2, 0.25) is 5.91 Å². The fourth-order valence-electron chi connectivity index (χ4n) is 2.30. The van der Waals surface area contributed by atoms with Crippen molar-refractivity contribution in [3.05, 3.63) is 51.7 Å². The third-order valence-electron chi connectivity index (χ3n) is 3.56. The summed E-state index contributed by atoms with van der Waals surface area (Å²) in [6.45, 7) is 2.79. The summed E-state index contributed by atoms with van der Waals surface area (Å²) in [6, 6.07) is 11.6. The lowest BCUT2D eigenvalue weighted by atomic mass is 10.2. The van der Waals surface area contributed by atoms with E-state index in [1.807, 2.05) is 43.3 Å². The van der Waals surface area contributed by atoms with Crippen molar-refractivity contribution < 1.29 is 14.3 Å².